The van der Waals surface area contributed by atoms with Crippen LogP contribution in [0.5, 0.6) is 5.75 Å². The first kappa shape index (κ1) is 23.5. The molecule has 0 radical (unpaired) electrons. The Kier molecular flexibility index (Phi) is 6.64. The molecule has 2 aliphatic rings. The summed E-state index contributed by atoms with van der Waals surface area (Å²) in [6, 6.07) is 5.00. The zero-order chi connectivity index (χ0) is 23.9. The second-order valence-electron chi connectivity index (χ2n) is 7.18. The van der Waals surface area contributed by atoms with Crippen molar-refractivity contribution in [1.82, 2.24) is 9.88 Å². The SMILES string of the molecule is CCOC(=O)COc1ccc(Br)cc1[C@H]1c2sc(=O)[nH]c2SC2C(=O)N(CC(=O)O)C(=O)C21. The highest BCUT2D eigenvalue weighted by atomic mass is 79.9. The van der Waals surface area contributed by atoms with E-state index in [-0.39, 0.29) is 23.8 Å². The number of thioether (sulfide) groups is 1. The van der Waals surface area contributed by atoms with Gasteiger partial charge in [-0.25, -0.2) is 4.79 Å². The number of fused-ring (bicyclic) bond motifs is 2. The minimum atomic E-state index is -1.30. The number of benzene rings is 1. The average molecular weight is 557 g/mol. The fourth-order valence-corrected chi connectivity index (χ4v) is 6.84. The first-order valence-electron chi connectivity index (χ1n) is 9.75. The summed E-state index contributed by atoms with van der Waals surface area (Å²) in [5, 5.41) is 8.72. The van der Waals surface area contributed by atoms with Crippen LogP contribution in [-0.4, -0.2) is 63.8 Å². The molecule has 13 heteroatoms. The molecular formula is C20H17BrN2O8S2. The van der Waals surface area contributed by atoms with Gasteiger partial charge in [0.05, 0.1) is 17.6 Å². The zero-order valence-electron chi connectivity index (χ0n) is 17.0. The number of carboxylic acids is 1. The Morgan fingerprint density at radius 3 is 2.70 bits per heavy atom. The lowest BCUT2D eigenvalue weighted by atomic mass is 9.82. The fourth-order valence-electron chi connectivity index (χ4n) is 3.93. The third-order valence-electron chi connectivity index (χ3n) is 5.17. The number of carbonyl (C=O) groups is 4. The molecule has 174 valence electrons. The predicted octanol–water partition coefficient (Wildman–Crippen LogP) is 1.82. The smallest absolute Gasteiger partial charge is 0.344 e. The van der Waals surface area contributed by atoms with E-state index in [1.165, 1.54) is 0 Å². The third-order valence-corrected chi connectivity index (χ3v) is 8.06. The van der Waals surface area contributed by atoms with E-state index in [2.05, 4.69) is 20.9 Å². The lowest BCUT2D eigenvalue weighted by Gasteiger charge is -2.31. The second-order valence-corrected chi connectivity index (χ2v) is 10.3. The summed E-state index contributed by atoms with van der Waals surface area (Å²) in [5.41, 5.74) is 0.485. The molecule has 3 atom stereocenters. The minimum absolute atomic E-state index is 0.190. The molecule has 2 unspecified atom stereocenters. The molecule has 10 nitrogen and oxygen atoms in total. The van der Waals surface area contributed by atoms with Gasteiger partial charge < -0.3 is 19.6 Å². The van der Waals surface area contributed by atoms with Crippen LogP contribution in [0.2, 0.25) is 0 Å². The number of halogens is 1. The van der Waals surface area contributed by atoms with Gasteiger partial charge in [0.15, 0.2) is 6.61 Å². The van der Waals surface area contributed by atoms with Gasteiger partial charge >= 0.3 is 16.8 Å². The topological polar surface area (TPSA) is 143 Å². The zero-order valence-corrected chi connectivity index (χ0v) is 20.3. The fraction of sp³-hybridized carbons (Fsp3) is 0.350. The van der Waals surface area contributed by atoms with E-state index in [0.717, 1.165) is 28.0 Å². The van der Waals surface area contributed by atoms with Gasteiger partial charge in [-0.15, -0.1) is 0 Å². The standard InChI is InChI=1S/C20H17BrN2O8S2/c1-2-30-12(26)7-31-10-4-3-8(21)5-9(10)13-14-16(32-17-15(13)33-20(29)22-17)19(28)23(18(14)27)6-11(24)25/h3-5,13-14,16H,2,6-7H2,1H3,(H,22,29)(H,24,25)/t13-,14?,16?/m1/s1. The number of aromatic nitrogens is 1. The molecule has 0 saturated carbocycles. The molecule has 0 bridgehead atoms. The monoisotopic (exact) mass is 556 g/mol. The number of nitrogens with one attached hydrogen (secondary N) is 1. The van der Waals surface area contributed by atoms with Crippen LogP contribution in [-0.2, 0) is 23.9 Å². The number of imide groups is 1. The lowest BCUT2D eigenvalue weighted by molar-refractivity contribution is -0.149. The van der Waals surface area contributed by atoms with E-state index in [4.69, 9.17) is 9.47 Å². The summed E-state index contributed by atoms with van der Waals surface area (Å²) in [5.74, 6) is -4.56. The summed E-state index contributed by atoms with van der Waals surface area (Å²) in [4.78, 5) is 65.1. The first-order valence-corrected chi connectivity index (χ1v) is 12.2. The maximum atomic E-state index is 13.3. The molecule has 1 aromatic heterocycles. The van der Waals surface area contributed by atoms with Crippen molar-refractivity contribution in [2.45, 2.75) is 23.1 Å². The number of ether oxygens (including phenoxy) is 2. The van der Waals surface area contributed by atoms with Gasteiger partial charge in [0.2, 0.25) is 11.8 Å². The molecule has 2 amide bonds. The van der Waals surface area contributed by atoms with Gasteiger partial charge in [-0.05, 0) is 25.1 Å². The summed E-state index contributed by atoms with van der Waals surface area (Å²) in [6.07, 6.45) is 0. The Balaban J connectivity index is 1.81. The largest absolute Gasteiger partial charge is 0.482 e. The number of hydrogen-bond acceptors (Lipinski definition) is 9. The number of carbonyl (C=O) groups excluding carboxylic acids is 3. The van der Waals surface area contributed by atoms with Gasteiger partial charge in [0.1, 0.15) is 17.5 Å². The predicted molar refractivity (Wildman–Crippen MR) is 121 cm³/mol. The molecule has 2 aromatic rings. The molecule has 33 heavy (non-hydrogen) atoms. The van der Waals surface area contributed by atoms with E-state index in [9.17, 15) is 29.1 Å². The first-order chi connectivity index (χ1) is 15.7. The number of hydrogen-bond donors (Lipinski definition) is 2. The highest BCUT2D eigenvalue weighted by Crippen LogP contribution is 2.54. The van der Waals surface area contributed by atoms with Crippen LogP contribution in [0.1, 0.15) is 23.3 Å². The number of thiazole rings is 1. The number of aliphatic carboxylic acids is 1. The van der Waals surface area contributed by atoms with E-state index in [0.29, 0.717) is 19.9 Å². The van der Waals surface area contributed by atoms with Crippen molar-refractivity contribution in [2.24, 2.45) is 5.92 Å². The van der Waals surface area contributed by atoms with Crippen LogP contribution >= 0.6 is 39.0 Å². The number of rotatable bonds is 7. The van der Waals surface area contributed by atoms with Crippen LogP contribution in [0.3, 0.4) is 0 Å². The minimum Gasteiger partial charge on any atom is -0.482 e. The van der Waals surface area contributed by atoms with Crippen molar-refractivity contribution in [2.75, 3.05) is 19.8 Å². The molecule has 0 aliphatic carbocycles. The molecule has 3 heterocycles. The molecule has 4 rings (SSSR count). The number of H-pyrrole nitrogens is 1. The second kappa shape index (κ2) is 9.31. The highest BCUT2D eigenvalue weighted by Gasteiger charge is 2.56. The van der Waals surface area contributed by atoms with Gasteiger partial charge in [-0.2, -0.15) is 0 Å². The molecular weight excluding hydrogens is 540 g/mol. The molecule has 1 aromatic carbocycles. The Bertz CT molecular complexity index is 1210. The number of aromatic amines is 1. The van der Waals surface area contributed by atoms with Crippen LogP contribution in [0.15, 0.2) is 32.5 Å². The van der Waals surface area contributed by atoms with Crippen LogP contribution < -0.4 is 9.61 Å². The third kappa shape index (κ3) is 4.44. The van der Waals surface area contributed by atoms with Crippen LogP contribution in [0.25, 0.3) is 0 Å². The van der Waals surface area contributed by atoms with E-state index in [1.54, 1.807) is 25.1 Å². The summed E-state index contributed by atoms with van der Waals surface area (Å²) in [6.45, 7) is 0.749. The molecule has 2 N–H and O–H groups in total. The quantitative estimate of drug-likeness (QED) is 0.385. The van der Waals surface area contributed by atoms with Crippen molar-refractivity contribution in [3.63, 3.8) is 0 Å². The van der Waals surface area contributed by atoms with Crippen molar-refractivity contribution < 1.29 is 33.8 Å². The van der Waals surface area contributed by atoms with Gasteiger partial charge in [0.25, 0.3) is 0 Å². The van der Waals surface area contributed by atoms with Gasteiger partial charge in [0, 0.05) is 20.8 Å². The van der Waals surface area contributed by atoms with Crippen LogP contribution in [0, 0.1) is 5.92 Å². The van der Waals surface area contributed by atoms with Crippen molar-refractivity contribution in [3.8, 4) is 5.75 Å². The number of esters is 1. The van der Waals surface area contributed by atoms with Crippen LogP contribution in [0.4, 0.5) is 0 Å². The Labute approximate surface area is 203 Å². The van der Waals surface area contributed by atoms with E-state index < -0.39 is 47.4 Å². The summed E-state index contributed by atoms with van der Waals surface area (Å²) in [7, 11) is 0. The number of amides is 2. The average Bonchev–Trinajstić information content (AvgIpc) is 3.23. The molecule has 1 saturated heterocycles. The van der Waals surface area contributed by atoms with Gasteiger partial charge in [-0.1, -0.05) is 39.0 Å². The van der Waals surface area contributed by atoms with E-state index in [1.807, 2.05) is 0 Å². The molecule has 1 fully saturated rings. The lowest BCUT2D eigenvalue weighted by Crippen LogP contribution is -2.36. The summed E-state index contributed by atoms with van der Waals surface area (Å²) >= 11 is 5.36. The molecule has 0 spiro atoms. The Morgan fingerprint density at radius 1 is 1.24 bits per heavy atom. The number of carboxylic acid groups (broad SMARTS) is 1. The highest BCUT2D eigenvalue weighted by molar-refractivity contribution is 9.10. The van der Waals surface area contributed by atoms with E-state index >= 15 is 0 Å². The Hall–Kier alpha value is -2.64. The van der Waals surface area contributed by atoms with Crippen molar-refractivity contribution in [3.05, 3.63) is 42.8 Å². The summed E-state index contributed by atoms with van der Waals surface area (Å²) < 4.78 is 11.2. The van der Waals surface area contributed by atoms with Crippen molar-refractivity contribution >= 4 is 62.8 Å². The van der Waals surface area contributed by atoms with Crippen molar-refractivity contribution in [1.29, 1.82) is 0 Å². The van der Waals surface area contributed by atoms with Gasteiger partial charge in [-0.3, -0.25) is 24.1 Å². The number of likely N-dealkylation sites (tertiary alicyclic amines) is 1. The Morgan fingerprint density at radius 2 is 2.00 bits per heavy atom. The maximum absolute atomic E-state index is 13.3. The maximum Gasteiger partial charge on any atom is 0.344 e. The molecule has 2 aliphatic heterocycles. The number of nitrogens with zero attached hydrogens (tertiary/aromatic N) is 1. The normalized spacial score (nSPS) is 21.5.